The molecule has 0 aliphatic rings. The van der Waals surface area contributed by atoms with Crippen molar-refractivity contribution in [2.75, 3.05) is 0 Å². The molecule has 0 atom stereocenters. The number of hydrogen-bond donors (Lipinski definition) is 0. The Hall–Kier alpha value is -1.23. The first-order valence-corrected chi connectivity index (χ1v) is 7.20. The predicted molar refractivity (Wildman–Crippen MR) is 79.7 cm³/mol. The smallest absolute Gasteiger partial charge is 0.156 e. The van der Waals surface area contributed by atoms with E-state index in [1.54, 1.807) is 12.1 Å². The van der Waals surface area contributed by atoms with Crippen LogP contribution in [0.25, 0.3) is 11.0 Å². The van der Waals surface area contributed by atoms with Gasteiger partial charge in [-0.2, -0.15) is 0 Å². The highest BCUT2D eigenvalue weighted by molar-refractivity contribution is 6.42. The van der Waals surface area contributed by atoms with E-state index in [1.165, 1.54) is 0 Å². The minimum Gasteiger partial charge on any atom is -0.359 e. The van der Waals surface area contributed by atoms with Gasteiger partial charge in [0.2, 0.25) is 0 Å². The summed E-state index contributed by atoms with van der Waals surface area (Å²) < 4.78 is 7.19. The fraction of sp³-hybridized carbons (Fsp3) is 0.231. The SMILES string of the molecule is Cc1cc(Cn2c(CCl)nc3cc(Cl)c(Cl)cc32)on1. The van der Waals surface area contributed by atoms with Crippen molar-refractivity contribution in [2.24, 2.45) is 0 Å². The second-order valence-electron chi connectivity index (χ2n) is 4.44. The number of benzene rings is 1. The van der Waals surface area contributed by atoms with Crippen molar-refractivity contribution in [1.82, 2.24) is 14.7 Å². The van der Waals surface area contributed by atoms with Gasteiger partial charge in [-0.1, -0.05) is 28.4 Å². The van der Waals surface area contributed by atoms with Gasteiger partial charge in [0.1, 0.15) is 5.82 Å². The molecule has 7 heteroatoms. The number of aryl methyl sites for hydroxylation is 1. The Bertz CT molecular complexity index is 779. The molecule has 0 N–H and O–H groups in total. The summed E-state index contributed by atoms with van der Waals surface area (Å²) in [4.78, 5) is 4.46. The summed E-state index contributed by atoms with van der Waals surface area (Å²) in [6.45, 7) is 2.37. The number of hydrogen-bond acceptors (Lipinski definition) is 3. The quantitative estimate of drug-likeness (QED) is 0.667. The molecule has 104 valence electrons. The van der Waals surface area contributed by atoms with Gasteiger partial charge in [-0.3, -0.25) is 0 Å². The molecule has 3 rings (SSSR count). The van der Waals surface area contributed by atoms with Gasteiger partial charge in [0.15, 0.2) is 5.76 Å². The van der Waals surface area contributed by atoms with Crippen LogP contribution in [0.15, 0.2) is 22.7 Å². The molecule has 0 unspecified atom stereocenters. The minimum absolute atomic E-state index is 0.289. The van der Waals surface area contributed by atoms with Gasteiger partial charge < -0.3 is 9.09 Å². The molecule has 0 bridgehead atoms. The van der Waals surface area contributed by atoms with Crippen molar-refractivity contribution >= 4 is 45.8 Å². The molecule has 0 saturated carbocycles. The number of halogens is 3. The second kappa shape index (κ2) is 5.28. The van der Waals surface area contributed by atoms with E-state index in [4.69, 9.17) is 39.3 Å². The van der Waals surface area contributed by atoms with Crippen LogP contribution in [0.1, 0.15) is 17.3 Å². The van der Waals surface area contributed by atoms with Crippen LogP contribution in [-0.4, -0.2) is 14.7 Å². The number of aromatic nitrogens is 3. The zero-order chi connectivity index (χ0) is 14.3. The molecule has 0 fully saturated rings. The summed E-state index contributed by atoms with van der Waals surface area (Å²) in [6.07, 6.45) is 0. The molecule has 3 aromatic rings. The number of fused-ring (bicyclic) bond motifs is 1. The maximum Gasteiger partial charge on any atom is 0.156 e. The molecule has 20 heavy (non-hydrogen) atoms. The van der Waals surface area contributed by atoms with Gasteiger partial charge in [-0.15, -0.1) is 11.6 Å². The topological polar surface area (TPSA) is 43.9 Å². The summed E-state index contributed by atoms with van der Waals surface area (Å²) in [5.74, 6) is 1.75. The highest BCUT2D eigenvalue weighted by atomic mass is 35.5. The third-order valence-corrected chi connectivity index (χ3v) is 3.94. The van der Waals surface area contributed by atoms with E-state index in [9.17, 15) is 0 Å². The summed E-state index contributed by atoms with van der Waals surface area (Å²) in [5.41, 5.74) is 2.45. The van der Waals surface area contributed by atoms with E-state index in [0.29, 0.717) is 16.6 Å². The van der Waals surface area contributed by atoms with Crippen LogP contribution in [0.2, 0.25) is 10.0 Å². The molecular formula is C13H10Cl3N3O. The number of nitrogens with zero attached hydrogens (tertiary/aromatic N) is 3. The maximum atomic E-state index is 6.08. The van der Waals surface area contributed by atoms with Gasteiger partial charge >= 0.3 is 0 Å². The van der Waals surface area contributed by atoms with Crippen molar-refractivity contribution in [1.29, 1.82) is 0 Å². The molecule has 0 saturated heterocycles. The van der Waals surface area contributed by atoms with E-state index in [-0.39, 0.29) is 5.88 Å². The van der Waals surface area contributed by atoms with Gasteiger partial charge in [0.05, 0.1) is 39.2 Å². The minimum atomic E-state index is 0.289. The van der Waals surface area contributed by atoms with Gasteiger partial charge in [-0.25, -0.2) is 4.98 Å². The van der Waals surface area contributed by atoms with Crippen LogP contribution >= 0.6 is 34.8 Å². The Labute approximate surface area is 130 Å². The normalized spacial score (nSPS) is 11.4. The van der Waals surface area contributed by atoms with Crippen LogP contribution in [0, 0.1) is 6.92 Å². The fourth-order valence-corrected chi connectivity index (χ4v) is 2.61. The van der Waals surface area contributed by atoms with Crippen molar-refractivity contribution in [2.45, 2.75) is 19.3 Å². The van der Waals surface area contributed by atoms with E-state index in [1.807, 2.05) is 17.6 Å². The van der Waals surface area contributed by atoms with E-state index < -0.39 is 0 Å². The monoisotopic (exact) mass is 329 g/mol. The first-order valence-electron chi connectivity index (χ1n) is 5.91. The van der Waals surface area contributed by atoms with Crippen molar-refractivity contribution in [3.05, 3.63) is 45.5 Å². The van der Waals surface area contributed by atoms with Gasteiger partial charge in [-0.05, 0) is 19.1 Å². The predicted octanol–water partition coefficient (Wildman–Crippen LogP) is 4.43. The van der Waals surface area contributed by atoms with Gasteiger partial charge in [0.25, 0.3) is 0 Å². The molecule has 4 nitrogen and oxygen atoms in total. The first kappa shape index (κ1) is 13.7. The lowest BCUT2D eigenvalue weighted by Gasteiger charge is -2.05. The lowest BCUT2D eigenvalue weighted by molar-refractivity contribution is 0.373. The van der Waals surface area contributed by atoms with Crippen LogP contribution in [0.4, 0.5) is 0 Å². The number of imidazole rings is 1. The maximum absolute atomic E-state index is 6.08. The Morgan fingerprint density at radius 2 is 1.95 bits per heavy atom. The summed E-state index contributed by atoms with van der Waals surface area (Å²) >= 11 is 18.0. The molecule has 0 aliphatic carbocycles. The third-order valence-electron chi connectivity index (χ3n) is 2.98. The molecule has 1 aromatic carbocycles. The van der Waals surface area contributed by atoms with Crippen molar-refractivity contribution in [3.8, 4) is 0 Å². The Kier molecular flexibility index (Phi) is 3.63. The molecule has 2 aromatic heterocycles. The first-order chi connectivity index (χ1) is 9.58. The third kappa shape index (κ3) is 2.39. The Morgan fingerprint density at radius 1 is 1.20 bits per heavy atom. The van der Waals surface area contributed by atoms with Gasteiger partial charge in [0, 0.05) is 6.07 Å². The molecule has 0 spiro atoms. The molecule has 0 amide bonds. The standard InChI is InChI=1S/C13H10Cl3N3O/c1-7-2-8(20-18-7)6-19-12-4-10(16)9(15)3-11(12)17-13(19)5-14/h2-4H,5-6H2,1H3. The number of alkyl halides is 1. The zero-order valence-corrected chi connectivity index (χ0v) is 12.8. The molecular weight excluding hydrogens is 321 g/mol. The van der Waals surface area contributed by atoms with Crippen LogP contribution in [0.3, 0.4) is 0 Å². The molecule has 2 heterocycles. The lowest BCUT2D eigenvalue weighted by atomic mass is 10.3. The van der Waals surface area contributed by atoms with Crippen molar-refractivity contribution in [3.63, 3.8) is 0 Å². The Morgan fingerprint density at radius 3 is 2.60 bits per heavy atom. The summed E-state index contributed by atoms with van der Waals surface area (Å²) in [5, 5.41) is 4.83. The molecule has 0 aliphatic heterocycles. The lowest BCUT2D eigenvalue weighted by Crippen LogP contribution is -2.03. The summed E-state index contributed by atoms with van der Waals surface area (Å²) in [6, 6.07) is 5.39. The second-order valence-corrected chi connectivity index (χ2v) is 5.52. The average Bonchev–Trinajstić information content (AvgIpc) is 2.96. The van der Waals surface area contributed by atoms with E-state index in [2.05, 4.69) is 10.1 Å². The highest BCUT2D eigenvalue weighted by Gasteiger charge is 2.14. The summed E-state index contributed by atoms with van der Waals surface area (Å²) in [7, 11) is 0. The molecule has 0 radical (unpaired) electrons. The average molecular weight is 331 g/mol. The largest absolute Gasteiger partial charge is 0.359 e. The highest BCUT2D eigenvalue weighted by Crippen LogP contribution is 2.29. The fourth-order valence-electron chi connectivity index (χ4n) is 2.10. The zero-order valence-electron chi connectivity index (χ0n) is 10.5. The van der Waals surface area contributed by atoms with Crippen LogP contribution in [0.5, 0.6) is 0 Å². The number of rotatable bonds is 3. The van der Waals surface area contributed by atoms with Crippen LogP contribution in [-0.2, 0) is 12.4 Å². The van der Waals surface area contributed by atoms with E-state index in [0.717, 1.165) is 28.3 Å². The Balaban J connectivity index is 2.14. The van der Waals surface area contributed by atoms with E-state index >= 15 is 0 Å². The van der Waals surface area contributed by atoms with Crippen molar-refractivity contribution < 1.29 is 4.52 Å². The van der Waals surface area contributed by atoms with Crippen LogP contribution < -0.4 is 0 Å².